The molecular formula is C13H18O6. The van der Waals surface area contributed by atoms with Crippen molar-refractivity contribution >= 4 is 6.29 Å². The summed E-state index contributed by atoms with van der Waals surface area (Å²) in [5.74, 6) is 0. The first-order valence-corrected chi connectivity index (χ1v) is 5.86. The van der Waals surface area contributed by atoms with Crippen molar-refractivity contribution in [1.82, 2.24) is 0 Å². The highest BCUT2D eigenvalue weighted by molar-refractivity contribution is 5.57. The summed E-state index contributed by atoms with van der Waals surface area (Å²) in [6.07, 6.45) is -5.73. The van der Waals surface area contributed by atoms with Crippen LogP contribution in [-0.4, -0.2) is 57.7 Å². The van der Waals surface area contributed by atoms with Gasteiger partial charge in [-0.25, -0.2) is 0 Å². The SMILES string of the molecule is O=C[C@H](OCc1ccccc1)[C@@H](O)[C@H](O)[C@H](O)CO. The molecular weight excluding hydrogens is 252 g/mol. The van der Waals surface area contributed by atoms with Gasteiger partial charge in [-0.2, -0.15) is 0 Å². The molecule has 0 bridgehead atoms. The Hall–Kier alpha value is -1.31. The molecule has 4 atom stereocenters. The van der Waals surface area contributed by atoms with E-state index in [1.165, 1.54) is 0 Å². The van der Waals surface area contributed by atoms with Crippen LogP contribution in [0.3, 0.4) is 0 Å². The van der Waals surface area contributed by atoms with Crippen molar-refractivity contribution in [3.63, 3.8) is 0 Å². The maximum absolute atomic E-state index is 10.8. The zero-order chi connectivity index (χ0) is 14.3. The number of ether oxygens (including phenoxy) is 1. The molecule has 0 fully saturated rings. The van der Waals surface area contributed by atoms with Gasteiger partial charge in [-0.3, -0.25) is 0 Å². The standard InChI is InChI=1S/C13H18O6/c14-6-10(16)12(17)13(18)11(7-15)19-8-9-4-2-1-3-5-9/h1-5,7,10-14,16-18H,6,8H2/t10-,11+,12-,13-/m1/s1. The molecule has 1 aromatic carbocycles. The van der Waals surface area contributed by atoms with E-state index >= 15 is 0 Å². The number of aliphatic hydroxyl groups is 4. The number of benzene rings is 1. The van der Waals surface area contributed by atoms with Crippen molar-refractivity contribution in [3.8, 4) is 0 Å². The fourth-order valence-corrected chi connectivity index (χ4v) is 1.51. The topological polar surface area (TPSA) is 107 Å². The number of aliphatic hydroxyl groups excluding tert-OH is 4. The van der Waals surface area contributed by atoms with E-state index in [2.05, 4.69) is 0 Å². The molecule has 0 heterocycles. The molecule has 0 amide bonds. The Balaban J connectivity index is 2.55. The van der Waals surface area contributed by atoms with Crippen molar-refractivity contribution in [3.05, 3.63) is 35.9 Å². The Morgan fingerprint density at radius 3 is 2.26 bits per heavy atom. The van der Waals surface area contributed by atoms with Gasteiger partial charge in [0.2, 0.25) is 0 Å². The molecule has 19 heavy (non-hydrogen) atoms. The van der Waals surface area contributed by atoms with E-state index in [-0.39, 0.29) is 6.61 Å². The highest BCUT2D eigenvalue weighted by Crippen LogP contribution is 2.10. The molecule has 0 aliphatic carbocycles. The molecule has 0 aromatic heterocycles. The predicted molar refractivity (Wildman–Crippen MR) is 66.2 cm³/mol. The largest absolute Gasteiger partial charge is 0.394 e. The fourth-order valence-electron chi connectivity index (χ4n) is 1.51. The van der Waals surface area contributed by atoms with Crippen LogP contribution in [-0.2, 0) is 16.1 Å². The van der Waals surface area contributed by atoms with Gasteiger partial charge in [0.25, 0.3) is 0 Å². The Bertz CT molecular complexity index is 369. The zero-order valence-corrected chi connectivity index (χ0v) is 10.3. The molecule has 0 radical (unpaired) electrons. The average Bonchev–Trinajstić information content (AvgIpc) is 2.47. The molecule has 6 heteroatoms. The van der Waals surface area contributed by atoms with Crippen LogP contribution in [0, 0.1) is 0 Å². The summed E-state index contributed by atoms with van der Waals surface area (Å²) in [5.41, 5.74) is 0.804. The number of carbonyl (C=O) groups excluding carboxylic acids is 1. The Morgan fingerprint density at radius 2 is 1.74 bits per heavy atom. The van der Waals surface area contributed by atoms with Gasteiger partial charge >= 0.3 is 0 Å². The van der Waals surface area contributed by atoms with Gasteiger partial charge in [-0.05, 0) is 5.56 Å². The van der Waals surface area contributed by atoms with E-state index in [1.807, 2.05) is 6.07 Å². The minimum Gasteiger partial charge on any atom is -0.394 e. The van der Waals surface area contributed by atoms with Gasteiger partial charge < -0.3 is 30.0 Å². The Kier molecular flexibility index (Phi) is 6.61. The van der Waals surface area contributed by atoms with Crippen LogP contribution in [0.5, 0.6) is 0 Å². The molecule has 1 rings (SSSR count). The Labute approximate surface area is 110 Å². The van der Waals surface area contributed by atoms with E-state index in [1.54, 1.807) is 24.3 Å². The highest BCUT2D eigenvalue weighted by atomic mass is 16.5. The minimum atomic E-state index is -1.66. The lowest BCUT2D eigenvalue weighted by atomic mass is 10.0. The molecule has 1 aromatic rings. The van der Waals surface area contributed by atoms with E-state index in [4.69, 9.17) is 9.84 Å². The second-order valence-corrected chi connectivity index (χ2v) is 4.13. The zero-order valence-electron chi connectivity index (χ0n) is 10.3. The lowest BCUT2D eigenvalue weighted by molar-refractivity contribution is -0.147. The van der Waals surface area contributed by atoms with E-state index in [9.17, 15) is 20.1 Å². The summed E-state index contributed by atoms with van der Waals surface area (Å²) in [5, 5.41) is 37.0. The van der Waals surface area contributed by atoms with Gasteiger partial charge in [0.15, 0.2) is 6.29 Å². The van der Waals surface area contributed by atoms with Crippen molar-refractivity contribution in [1.29, 1.82) is 0 Å². The third-order valence-electron chi connectivity index (χ3n) is 2.69. The van der Waals surface area contributed by atoms with Gasteiger partial charge in [-0.1, -0.05) is 30.3 Å². The summed E-state index contributed by atoms with van der Waals surface area (Å²) in [4.78, 5) is 10.8. The van der Waals surface area contributed by atoms with Crippen molar-refractivity contribution in [2.75, 3.05) is 6.61 Å². The van der Waals surface area contributed by atoms with Crippen LogP contribution in [0.2, 0.25) is 0 Å². The van der Waals surface area contributed by atoms with E-state index in [0.29, 0.717) is 6.29 Å². The first kappa shape index (κ1) is 15.7. The lowest BCUT2D eigenvalue weighted by Crippen LogP contribution is -2.47. The number of hydrogen-bond donors (Lipinski definition) is 4. The summed E-state index contributed by atoms with van der Waals surface area (Å²) in [6, 6.07) is 9.00. The molecule has 0 aliphatic heterocycles. The molecule has 0 saturated heterocycles. The van der Waals surface area contributed by atoms with Crippen molar-refractivity contribution < 1.29 is 30.0 Å². The van der Waals surface area contributed by atoms with Gasteiger partial charge in [0, 0.05) is 0 Å². The lowest BCUT2D eigenvalue weighted by Gasteiger charge is -2.25. The van der Waals surface area contributed by atoms with Gasteiger partial charge in [-0.15, -0.1) is 0 Å². The third-order valence-corrected chi connectivity index (χ3v) is 2.69. The van der Waals surface area contributed by atoms with E-state index < -0.39 is 31.0 Å². The third kappa shape index (κ3) is 4.70. The molecule has 6 nitrogen and oxygen atoms in total. The van der Waals surface area contributed by atoms with Crippen LogP contribution in [0.1, 0.15) is 5.56 Å². The summed E-state index contributed by atoms with van der Waals surface area (Å²) < 4.78 is 5.18. The molecule has 4 N–H and O–H groups in total. The van der Waals surface area contributed by atoms with Gasteiger partial charge in [0.1, 0.15) is 24.4 Å². The first-order chi connectivity index (χ1) is 9.10. The summed E-state index contributed by atoms with van der Waals surface area (Å²) >= 11 is 0. The van der Waals surface area contributed by atoms with Crippen LogP contribution >= 0.6 is 0 Å². The monoisotopic (exact) mass is 270 g/mol. The second kappa shape index (κ2) is 7.98. The second-order valence-electron chi connectivity index (χ2n) is 4.13. The molecule has 106 valence electrons. The Morgan fingerprint density at radius 1 is 1.11 bits per heavy atom. The minimum absolute atomic E-state index is 0.0866. The quantitative estimate of drug-likeness (QED) is 0.444. The van der Waals surface area contributed by atoms with Crippen LogP contribution < -0.4 is 0 Å². The normalized spacial score (nSPS) is 17.5. The maximum Gasteiger partial charge on any atom is 0.151 e. The number of hydrogen-bond acceptors (Lipinski definition) is 6. The summed E-state index contributed by atoms with van der Waals surface area (Å²) in [7, 11) is 0. The maximum atomic E-state index is 10.8. The number of aldehydes is 1. The molecule has 0 spiro atoms. The molecule has 0 unspecified atom stereocenters. The van der Waals surface area contributed by atoms with Crippen LogP contribution in [0.25, 0.3) is 0 Å². The fraction of sp³-hybridized carbons (Fsp3) is 0.462. The van der Waals surface area contributed by atoms with Gasteiger partial charge in [0.05, 0.1) is 13.2 Å². The van der Waals surface area contributed by atoms with E-state index in [0.717, 1.165) is 5.56 Å². The number of rotatable bonds is 8. The highest BCUT2D eigenvalue weighted by Gasteiger charge is 2.31. The van der Waals surface area contributed by atoms with Crippen molar-refractivity contribution in [2.24, 2.45) is 0 Å². The van der Waals surface area contributed by atoms with Crippen molar-refractivity contribution in [2.45, 2.75) is 31.0 Å². The first-order valence-electron chi connectivity index (χ1n) is 5.86. The summed E-state index contributed by atoms with van der Waals surface area (Å²) in [6.45, 7) is -0.633. The molecule has 0 aliphatic rings. The van der Waals surface area contributed by atoms with Crippen LogP contribution in [0.15, 0.2) is 30.3 Å². The predicted octanol–water partition coefficient (Wildman–Crippen LogP) is -1.15. The number of carbonyl (C=O) groups is 1. The smallest absolute Gasteiger partial charge is 0.151 e. The average molecular weight is 270 g/mol. The van der Waals surface area contributed by atoms with Crippen LogP contribution in [0.4, 0.5) is 0 Å². The molecule has 0 saturated carbocycles.